The zero-order valence-corrected chi connectivity index (χ0v) is 18.3. The van der Waals surface area contributed by atoms with Gasteiger partial charge in [0.1, 0.15) is 28.5 Å². The lowest BCUT2D eigenvalue weighted by Gasteiger charge is -2.49. The number of nitrogens with zero attached hydrogens (tertiary/aromatic N) is 1. The van der Waals surface area contributed by atoms with E-state index in [0.717, 1.165) is 0 Å². The van der Waals surface area contributed by atoms with Crippen LogP contribution in [0.15, 0.2) is 41.6 Å². The molecule has 1 N–H and O–H groups in total. The van der Waals surface area contributed by atoms with Gasteiger partial charge in [0.05, 0.1) is 6.61 Å². The number of amides is 2. The lowest BCUT2D eigenvalue weighted by Crippen LogP contribution is -2.71. The second-order valence-corrected chi connectivity index (χ2v) is 9.05. The van der Waals surface area contributed by atoms with E-state index in [9.17, 15) is 14.4 Å². The summed E-state index contributed by atoms with van der Waals surface area (Å²) in [6.07, 6.45) is 0. The Labute approximate surface area is 179 Å². The monoisotopic (exact) mass is 434 g/mol. The van der Waals surface area contributed by atoms with Crippen molar-refractivity contribution in [2.24, 2.45) is 0 Å². The topological polar surface area (TPSA) is 94.2 Å². The minimum Gasteiger partial charge on any atom is -0.484 e. The molecule has 0 unspecified atom stereocenters. The van der Waals surface area contributed by atoms with E-state index in [1.54, 1.807) is 45.0 Å². The Kier molecular flexibility index (Phi) is 6.72. The van der Waals surface area contributed by atoms with Gasteiger partial charge in [0.2, 0.25) is 0 Å². The van der Waals surface area contributed by atoms with Gasteiger partial charge < -0.3 is 19.5 Å². The highest BCUT2D eigenvalue weighted by atomic mass is 32.2. The molecule has 2 amide bonds. The number of β-lactam (4-membered cyclic amide) rings is 1. The highest BCUT2D eigenvalue weighted by Gasteiger charge is 2.54. The third kappa shape index (κ3) is 4.96. The van der Waals surface area contributed by atoms with Crippen LogP contribution in [0.3, 0.4) is 0 Å². The molecule has 2 aliphatic heterocycles. The molecule has 0 bridgehead atoms. The lowest BCUT2D eigenvalue weighted by atomic mass is 10.0. The van der Waals surface area contributed by atoms with E-state index in [1.165, 1.54) is 23.8 Å². The summed E-state index contributed by atoms with van der Waals surface area (Å²) in [5.74, 6) is -0.243. The van der Waals surface area contributed by atoms with E-state index in [0.29, 0.717) is 17.1 Å². The molecular formula is C21H26N2O6S. The minimum absolute atomic E-state index is 0.200. The Bertz CT molecular complexity index is 849. The fourth-order valence-electron chi connectivity index (χ4n) is 3.16. The quantitative estimate of drug-likeness (QED) is 0.516. The zero-order chi connectivity index (χ0) is 21.9. The Morgan fingerprint density at radius 3 is 2.57 bits per heavy atom. The van der Waals surface area contributed by atoms with Crippen molar-refractivity contribution in [2.45, 2.75) is 37.8 Å². The largest absolute Gasteiger partial charge is 0.484 e. The molecule has 1 aromatic rings. The van der Waals surface area contributed by atoms with Crippen molar-refractivity contribution in [3.63, 3.8) is 0 Å². The van der Waals surface area contributed by atoms with Gasteiger partial charge in [0, 0.05) is 12.9 Å². The van der Waals surface area contributed by atoms with Crippen molar-refractivity contribution >= 4 is 29.5 Å². The fraction of sp³-hybridized carbons (Fsp3) is 0.476. The molecule has 3 rings (SSSR count). The highest BCUT2D eigenvalue weighted by Crippen LogP contribution is 2.41. The van der Waals surface area contributed by atoms with Crippen LogP contribution in [-0.2, 0) is 23.9 Å². The molecule has 0 saturated carbocycles. The maximum Gasteiger partial charge on any atom is 0.355 e. The SMILES string of the molecule is COCC1=C(C(=O)OC(C)(C)C)N2C(=O)[C@@H](NC(=O)COc3ccccc3)[C@H]2SC1. The first-order valence-electron chi connectivity index (χ1n) is 9.57. The first-order chi connectivity index (χ1) is 14.2. The van der Waals surface area contributed by atoms with Crippen LogP contribution in [0.2, 0.25) is 0 Å². The highest BCUT2D eigenvalue weighted by molar-refractivity contribution is 8.00. The van der Waals surface area contributed by atoms with E-state index < -0.39 is 23.5 Å². The van der Waals surface area contributed by atoms with E-state index >= 15 is 0 Å². The number of methoxy groups -OCH3 is 1. The molecule has 0 radical (unpaired) electrons. The molecule has 2 atom stereocenters. The fourth-order valence-corrected chi connectivity index (χ4v) is 4.49. The van der Waals surface area contributed by atoms with Gasteiger partial charge in [-0.1, -0.05) is 18.2 Å². The molecule has 2 aliphatic rings. The zero-order valence-electron chi connectivity index (χ0n) is 17.5. The molecule has 30 heavy (non-hydrogen) atoms. The Morgan fingerprint density at radius 1 is 1.23 bits per heavy atom. The van der Waals surface area contributed by atoms with Crippen molar-refractivity contribution in [3.05, 3.63) is 41.6 Å². The second-order valence-electron chi connectivity index (χ2n) is 7.94. The van der Waals surface area contributed by atoms with Crippen molar-refractivity contribution in [1.29, 1.82) is 0 Å². The Morgan fingerprint density at radius 2 is 1.93 bits per heavy atom. The molecule has 9 heteroatoms. The standard InChI is InChI=1S/C21H26N2O6S/c1-21(2,3)29-20(26)17-13(10-27-4)12-30-19-16(18(25)23(17)19)22-15(24)11-28-14-8-6-5-7-9-14/h5-9,16,19H,10-12H2,1-4H3,(H,22,24)/t16-,19-/m1/s1. The smallest absolute Gasteiger partial charge is 0.355 e. The van der Waals surface area contributed by atoms with E-state index in [1.807, 2.05) is 6.07 Å². The van der Waals surface area contributed by atoms with Crippen molar-refractivity contribution in [1.82, 2.24) is 10.2 Å². The summed E-state index contributed by atoms with van der Waals surface area (Å²) >= 11 is 1.47. The van der Waals surface area contributed by atoms with Gasteiger partial charge in [-0.2, -0.15) is 0 Å². The maximum absolute atomic E-state index is 12.8. The molecular weight excluding hydrogens is 408 g/mol. The summed E-state index contributed by atoms with van der Waals surface area (Å²) < 4.78 is 16.1. The van der Waals surface area contributed by atoms with Crippen LogP contribution in [0.5, 0.6) is 5.75 Å². The third-order valence-corrected chi connectivity index (χ3v) is 5.73. The van der Waals surface area contributed by atoms with Crippen LogP contribution in [0, 0.1) is 0 Å². The number of carbonyl (C=O) groups excluding carboxylic acids is 3. The average Bonchev–Trinajstić information content (AvgIpc) is 2.69. The number of carbonyl (C=O) groups is 3. The number of esters is 1. The summed E-state index contributed by atoms with van der Waals surface area (Å²) in [5, 5.41) is 2.33. The number of hydrogen-bond donors (Lipinski definition) is 1. The minimum atomic E-state index is -0.719. The second kappa shape index (κ2) is 9.09. The van der Waals surface area contributed by atoms with Crippen LogP contribution >= 0.6 is 11.8 Å². The molecule has 162 valence electrons. The van der Waals surface area contributed by atoms with E-state index in [4.69, 9.17) is 14.2 Å². The normalized spacial score (nSPS) is 20.9. The van der Waals surface area contributed by atoms with Gasteiger partial charge >= 0.3 is 5.97 Å². The summed E-state index contributed by atoms with van der Waals surface area (Å²) in [7, 11) is 1.53. The Hall–Kier alpha value is -2.52. The molecule has 2 heterocycles. The number of rotatable bonds is 7. The number of nitrogens with one attached hydrogen (secondary N) is 1. The summed E-state index contributed by atoms with van der Waals surface area (Å²) in [4.78, 5) is 39.3. The summed E-state index contributed by atoms with van der Waals surface area (Å²) in [6, 6.07) is 8.24. The number of hydrogen-bond acceptors (Lipinski definition) is 7. The Balaban J connectivity index is 1.67. The van der Waals surface area contributed by atoms with Crippen LogP contribution in [0.1, 0.15) is 20.8 Å². The van der Waals surface area contributed by atoms with Gasteiger partial charge in [-0.25, -0.2) is 4.79 Å². The van der Waals surface area contributed by atoms with Gasteiger partial charge in [-0.15, -0.1) is 11.8 Å². The molecule has 0 aliphatic carbocycles. The van der Waals surface area contributed by atoms with Crippen molar-refractivity contribution < 1.29 is 28.6 Å². The molecule has 0 spiro atoms. The predicted octanol–water partition coefficient (Wildman–Crippen LogP) is 1.71. The maximum atomic E-state index is 12.8. The molecule has 1 aromatic carbocycles. The number of thioether (sulfide) groups is 1. The number of fused-ring (bicyclic) bond motifs is 1. The van der Waals surface area contributed by atoms with Crippen LogP contribution in [0.25, 0.3) is 0 Å². The van der Waals surface area contributed by atoms with Crippen molar-refractivity contribution in [2.75, 3.05) is 26.1 Å². The van der Waals surface area contributed by atoms with Crippen LogP contribution < -0.4 is 10.1 Å². The third-order valence-electron chi connectivity index (χ3n) is 4.39. The lowest BCUT2D eigenvalue weighted by molar-refractivity contribution is -0.159. The molecule has 1 fully saturated rings. The van der Waals surface area contributed by atoms with Gasteiger partial charge in [-0.3, -0.25) is 14.5 Å². The van der Waals surface area contributed by atoms with E-state index in [2.05, 4.69) is 5.32 Å². The van der Waals surface area contributed by atoms with Gasteiger partial charge in [0.15, 0.2) is 6.61 Å². The summed E-state index contributed by atoms with van der Waals surface area (Å²) in [6.45, 7) is 5.33. The molecule has 1 saturated heterocycles. The van der Waals surface area contributed by atoms with E-state index in [-0.39, 0.29) is 30.2 Å². The average molecular weight is 435 g/mol. The van der Waals surface area contributed by atoms with Crippen LogP contribution in [-0.4, -0.2) is 65.8 Å². The number of benzene rings is 1. The number of para-hydroxylation sites is 1. The van der Waals surface area contributed by atoms with Crippen molar-refractivity contribution in [3.8, 4) is 5.75 Å². The summed E-state index contributed by atoms with van der Waals surface area (Å²) in [5.41, 5.74) is 0.212. The molecule has 0 aromatic heterocycles. The molecule has 8 nitrogen and oxygen atoms in total. The van der Waals surface area contributed by atoms with Gasteiger partial charge in [0.25, 0.3) is 11.8 Å². The first-order valence-corrected chi connectivity index (χ1v) is 10.6. The number of ether oxygens (including phenoxy) is 3. The van der Waals surface area contributed by atoms with Crippen LogP contribution in [0.4, 0.5) is 0 Å². The predicted molar refractivity (Wildman–Crippen MR) is 112 cm³/mol. The first kappa shape index (κ1) is 22.2. The van der Waals surface area contributed by atoms with Gasteiger partial charge in [-0.05, 0) is 38.5 Å².